The molecule has 0 aromatic heterocycles. The molecule has 1 amide bonds. The number of rotatable bonds is 60. The summed E-state index contributed by atoms with van der Waals surface area (Å²) in [7, 11) is 0. The van der Waals surface area contributed by atoms with Crippen molar-refractivity contribution in [3.63, 3.8) is 0 Å². The molecule has 0 aromatic rings. The van der Waals surface area contributed by atoms with E-state index in [2.05, 4.69) is 55.6 Å². The molecule has 0 aromatic carbocycles. The van der Waals surface area contributed by atoms with Crippen molar-refractivity contribution in [2.24, 2.45) is 0 Å². The van der Waals surface area contributed by atoms with E-state index in [0.29, 0.717) is 12.8 Å². The van der Waals surface area contributed by atoms with Crippen molar-refractivity contribution in [2.75, 3.05) is 13.2 Å². The number of nitrogens with one attached hydrogen (secondary N) is 1. The Labute approximate surface area is 492 Å². The SMILES string of the molecule is CCCCCCCCCCC/C=C\C/C=C\CCCCCCCCCCC(O)C(=O)NC(COC1OC(CO)C(O)C(O)C1O)C(O)C(O)CCC/C=C/CCCCCCCCCCCCCCCCCCCCCCCCCC. The molecular formula is C69H131NO10. The lowest BCUT2D eigenvalue weighted by atomic mass is 9.98. The molecule has 8 N–H and O–H groups in total. The summed E-state index contributed by atoms with van der Waals surface area (Å²) in [6, 6.07) is -1.19. The lowest BCUT2D eigenvalue weighted by molar-refractivity contribution is -0.303. The third-order valence-corrected chi connectivity index (χ3v) is 16.7. The molecule has 11 heteroatoms. The van der Waals surface area contributed by atoms with Gasteiger partial charge in [-0.3, -0.25) is 4.79 Å². The Balaban J connectivity index is 2.24. The molecule has 9 atom stereocenters. The smallest absolute Gasteiger partial charge is 0.249 e. The standard InChI is InChI=1S/C69H131NO10/c1-3-5-7-9-11-13-15-17-19-21-23-25-27-29-30-31-32-33-35-36-38-40-42-44-46-48-50-52-54-56-61(72)64(74)60(59-79-69-67(77)66(76)65(75)63(58-71)80-69)70-68(78)62(73)57-55-53-51-49-47-45-43-41-39-37-34-28-26-24-22-20-18-16-14-12-10-8-6-4-2/h24,26,34,37,48,50,60-67,69,71-77H,3-23,25,27-33,35-36,38-47,49,51-59H2,1-2H3,(H,70,78)/b26-24-,37-34-,50-48+. The molecule has 1 saturated heterocycles. The van der Waals surface area contributed by atoms with Crippen molar-refractivity contribution in [1.82, 2.24) is 5.32 Å². The molecule has 0 aliphatic carbocycles. The van der Waals surface area contributed by atoms with Gasteiger partial charge in [0.15, 0.2) is 6.29 Å². The van der Waals surface area contributed by atoms with Crippen LogP contribution in [-0.4, -0.2) is 110 Å². The van der Waals surface area contributed by atoms with E-state index in [4.69, 9.17) is 9.47 Å². The summed E-state index contributed by atoms with van der Waals surface area (Å²) in [5, 5.41) is 76.4. The van der Waals surface area contributed by atoms with Crippen LogP contribution < -0.4 is 5.32 Å². The first-order chi connectivity index (χ1) is 39.2. The van der Waals surface area contributed by atoms with Gasteiger partial charge in [0.05, 0.1) is 25.4 Å². The Kier molecular flexibility index (Phi) is 55.1. The third kappa shape index (κ3) is 44.8. The minimum absolute atomic E-state index is 0.248. The number of aliphatic hydroxyl groups is 7. The first-order valence-electron chi connectivity index (χ1n) is 34.4. The normalized spacial score (nSPS) is 19.4. The van der Waals surface area contributed by atoms with Gasteiger partial charge in [-0.1, -0.05) is 294 Å². The number of amides is 1. The van der Waals surface area contributed by atoms with Gasteiger partial charge >= 0.3 is 0 Å². The summed E-state index contributed by atoms with van der Waals surface area (Å²) in [6.45, 7) is 3.49. The van der Waals surface area contributed by atoms with Crippen LogP contribution in [0, 0.1) is 0 Å². The number of aliphatic hydroxyl groups excluding tert-OH is 7. The summed E-state index contributed by atoms with van der Waals surface area (Å²) in [6.07, 6.45) is 62.2. The zero-order valence-corrected chi connectivity index (χ0v) is 52.1. The summed E-state index contributed by atoms with van der Waals surface area (Å²) in [5.41, 5.74) is 0. The highest BCUT2D eigenvalue weighted by atomic mass is 16.7. The fourth-order valence-electron chi connectivity index (χ4n) is 11.1. The van der Waals surface area contributed by atoms with Crippen LogP contribution in [0.5, 0.6) is 0 Å². The molecule has 0 saturated carbocycles. The van der Waals surface area contributed by atoms with Crippen molar-refractivity contribution in [2.45, 2.75) is 384 Å². The Morgan fingerprint density at radius 1 is 0.438 bits per heavy atom. The summed E-state index contributed by atoms with van der Waals surface area (Å²) < 4.78 is 11.2. The van der Waals surface area contributed by atoms with Crippen LogP contribution in [0.3, 0.4) is 0 Å². The number of carbonyl (C=O) groups excluding carboxylic acids is 1. The van der Waals surface area contributed by atoms with Crippen LogP contribution in [0.15, 0.2) is 36.5 Å². The minimum Gasteiger partial charge on any atom is -0.394 e. The Morgan fingerprint density at radius 3 is 1.15 bits per heavy atom. The number of ether oxygens (including phenoxy) is 2. The molecule has 80 heavy (non-hydrogen) atoms. The van der Waals surface area contributed by atoms with Gasteiger partial charge in [-0.05, 0) is 70.6 Å². The van der Waals surface area contributed by atoms with Crippen molar-refractivity contribution in [3.8, 4) is 0 Å². The minimum atomic E-state index is -1.67. The highest BCUT2D eigenvalue weighted by Crippen LogP contribution is 2.24. The van der Waals surface area contributed by atoms with E-state index < -0.39 is 74.2 Å². The maximum absolute atomic E-state index is 13.2. The Bertz CT molecular complexity index is 1390. The highest BCUT2D eigenvalue weighted by molar-refractivity contribution is 5.80. The van der Waals surface area contributed by atoms with Crippen LogP contribution in [0.1, 0.15) is 328 Å². The van der Waals surface area contributed by atoms with Gasteiger partial charge in [-0.25, -0.2) is 0 Å². The first kappa shape index (κ1) is 76.3. The number of allylic oxidation sites excluding steroid dienone is 6. The van der Waals surface area contributed by atoms with E-state index in [1.807, 2.05) is 0 Å². The monoisotopic (exact) mass is 1130 g/mol. The van der Waals surface area contributed by atoms with Crippen LogP contribution in [0.25, 0.3) is 0 Å². The van der Waals surface area contributed by atoms with Gasteiger partial charge < -0.3 is 50.5 Å². The van der Waals surface area contributed by atoms with Gasteiger partial charge in [0.2, 0.25) is 5.91 Å². The van der Waals surface area contributed by atoms with E-state index in [9.17, 15) is 40.5 Å². The van der Waals surface area contributed by atoms with Gasteiger partial charge in [-0.2, -0.15) is 0 Å². The second-order valence-corrected chi connectivity index (χ2v) is 24.2. The van der Waals surface area contributed by atoms with Crippen molar-refractivity contribution >= 4 is 5.91 Å². The van der Waals surface area contributed by atoms with Crippen molar-refractivity contribution in [1.29, 1.82) is 0 Å². The maximum Gasteiger partial charge on any atom is 0.249 e. The van der Waals surface area contributed by atoms with Gasteiger partial charge in [0, 0.05) is 0 Å². The maximum atomic E-state index is 13.2. The zero-order chi connectivity index (χ0) is 58.2. The molecule has 9 unspecified atom stereocenters. The second kappa shape index (κ2) is 57.7. The number of hydrogen-bond acceptors (Lipinski definition) is 10. The molecule has 1 aliphatic heterocycles. The summed E-state index contributed by atoms with van der Waals surface area (Å²) >= 11 is 0. The molecule has 0 radical (unpaired) electrons. The molecule has 1 rings (SSSR count). The Morgan fingerprint density at radius 2 is 0.775 bits per heavy atom. The number of unbranched alkanes of at least 4 members (excludes halogenated alkanes) is 42. The van der Waals surface area contributed by atoms with Crippen molar-refractivity contribution in [3.05, 3.63) is 36.5 Å². The second-order valence-electron chi connectivity index (χ2n) is 24.2. The van der Waals surface area contributed by atoms with E-state index >= 15 is 0 Å². The average Bonchev–Trinajstić information content (AvgIpc) is 3.46. The lowest BCUT2D eigenvalue weighted by Gasteiger charge is -2.40. The van der Waals surface area contributed by atoms with Gasteiger partial charge in [0.1, 0.15) is 36.6 Å². The molecule has 1 fully saturated rings. The quantitative estimate of drug-likeness (QED) is 0.0215. The van der Waals surface area contributed by atoms with Gasteiger partial charge in [0.25, 0.3) is 0 Å². The van der Waals surface area contributed by atoms with E-state index in [0.717, 1.165) is 51.4 Å². The van der Waals surface area contributed by atoms with Crippen molar-refractivity contribution < 1.29 is 50.0 Å². The van der Waals surface area contributed by atoms with Gasteiger partial charge in [-0.15, -0.1) is 0 Å². The Hall–Kier alpha value is -1.67. The van der Waals surface area contributed by atoms with Crippen LogP contribution in [0.2, 0.25) is 0 Å². The molecule has 1 heterocycles. The fourth-order valence-corrected chi connectivity index (χ4v) is 11.1. The molecule has 11 nitrogen and oxygen atoms in total. The van der Waals surface area contributed by atoms with E-state index in [-0.39, 0.29) is 12.8 Å². The lowest BCUT2D eigenvalue weighted by Crippen LogP contribution is -2.60. The molecule has 0 bridgehead atoms. The summed E-state index contributed by atoms with van der Waals surface area (Å²) in [5.74, 6) is -0.707. The molecule has 1 aliphatic rings. The third-order valence-electron chi connectivity index (χ3n) is 16.7. The predicted octanol–water partition coefficient (Wildman–Crippen LogP) is 16.2. The number of carbonyl (C=O) groups is 1. The fraction of sp³-hybridized carbons (Fsp3) is 0.899. The largest absolute Gasteiger partial charge is 0.394 e. The van der Waals surface area contributed by atoms with Crippen LogP contribution in [-0.2, 0) is 14.3 Å². The molecule has 472 valence electrons. The first-order valence-corrected chi connectivity index (χ1v) is 34.4. The zero-order valence-electron chi connectivity index (χ0n) is 52.1. The van der Waals surface area contributed by atoms with E-state index in [1.54, 1.807) is 0 Å². The van der Waals surface area contributed by atoms with Crippen LogP contribution >= 0.6 is 0 Å². The van der Waals surface area contributed by atoms with Crippen LogP contribution in [0.4, 0.5) is 0 Å². The number of hydrogen-bond donors (Lipinski definition) is 8. The molecular weight excluding hydrogens is 1000 g/mol. The average molecular weight is 1130 g/mol. The predicted molar refractivity (Wildman–Crippen MR) is 335 cm³/mol. The summed E-state index contributed by atoms with van der Waals surface area (Å²) in [4.78, 5) is 13.2. The topological polar surface area (TPSA) is 189 Å². The molecule has 0 spiro atoms. The highest BCUT2D eigenvalue weighted by Gasteiger charge is 2.44. The van der Waals surface area contributed by atoms with E-state index in [1.165, 1.54) is 238 Å².